The SMILES string of the molecule is CC(C)(C)C(=O)Nc1cccc(NCC(=O)Nc2cccc(OCCc3ccccc3)c2)c1. The first-order chi connectivity index (χ1) is 15.8. The summed E-state index contributed by atoms with van der Waals surface area (Å²) in [5, 5.41) is 8.86. The highest BCUT2D eigenvalue weighted by molar-refractivity contribution is 5.95. The molecule has 0 atom stereocenters. The van der Waals surface area contributed by atoms with E-state index in [0.717, 1.165) is 12.1 Å². The lowest BCUT2D eigenvalue weighted by Crippen LogP contribution is -2.27. The van der Waals surface area contributed by atoms with Gasteiger partial charge in [0.15, 0.2) is 0 Å². The normalized spacial score (nSPS) is 10.9. The summed E-state index contributed by atoms with van der Waals surface area (Å²) < 4.78 is 5.83. The van der Waals surface area contributed by atoms with Crippen LogP contribution in [0, 0.1) is 5.41 Å². The van der Waals surface area contributed by atoms with E-state index in [1.807, 2.05) is 81.4 Å². The predicted octanol–water partition coefficient (Wildman–Crippen LogP) is 5.34. The molecule has 0 heterocycles. The monoisotopic (exact) mass is 445 g/mol. The minimum atomic E-state index is -0.483. The Morgan fingerprint density at radius 3 is 2.18 bits per heavy atom. The molecular weight excluding hydrogens is 414 g/mol. The third-order valence-corrected chi connectivity index (χ3v) is 4.87. The van der Waals surface area contributed by atoms with Crippen molar-refractivity contribution in [2.24, 2.45) is 5.41 Å². The van der Waals surface area contributed by atoms with E-state index in [4.69, 9.17) is 4.74 Å². The quantitative estimate of drug-likeness (QED) is 0.415. The molecule has 0 bridgehead atoms. The molecule has 0 unspecified atom stereocenters. The molecule has 0 saturated carbocycles. The summed E-state index contributed by atoms with van der Waals surface area (Å²) >= 11 is 0. The van der Waals surface area contributed by atoms with Crippen molar-refractivity contribution in [3.63, 3.8) is 0 Å². The number of ether oxygens (including phenoxy) is 1. The zero-order valence-corrected chi connectivity index (χ0v) is 19.4. The molecule has 6 nitrogen and oxygen atoms in total. The average molecular weight is 446 g/mol. The number of carbonyl (C=O) groups is 2. The second-order valence-electron chi connectivity index (χ2n) is 8.80. The molecule has 0 saturated heterocycles. The summed E-state index contributed by atoms with van der Waals surface area (Å²) in [4.78, 5) is 24.6. The van der Waals surface area contributed by atoms with Crippen LogP contribution in [0.4, 0.5) is 17.1 Å². The molecule has 172 valence electrons. The predicted molar refractivity (Wildman–Crippen MR) is 134 cm³/mol. The molecule has 2 amide bonds. The Kier molecular flexibility index (Phi) is 8.08. The van der Waals surface area contributed by atoms with Crippen LogP contribution in [-0.2, 0) is 16.0 Å². The molecular formula is C27H31N3O3. The van der Waals surface area contributed by atoms with Crippen LogP contribution in [0.15, 0.2) is 78.9 Å². The summed E-state index contributed by atoms with van der Waals surface area (Å²) in [6, 6.07) is 24.8. The first-order valence-corrected chi connectivity index (χ1v) is 11.0. The van der Waals surface area contributed by atoms with E-state index in [1.165, 1.54) is 5.56 Å². The third kappa shape index (κ3) is 8.00. The number of amides is 2. The number of rotatable bonds is 9. The largest absolute Gasteiger partial charge is 0.493 e. The highest BCUT2D eigenvalue weighted by Crippen LogP contribution is 2.20. The van der Waals surface area contributed by atoms with Crippen molar-refractivity contribution in [2.75, 3.05) is 29.1 Å². The maximum absolute atomic E-state index is 12.4. The molecule has 33 heavy (non-hydrogen) atoms. The second kappa shape index (κ2) is 11.2. The number of carbonyl (C=O) groups excluding carboxylic acids is 2. The van der Waals surface area contributed by atoms with E-state index in [9.17, 15) is 9.59 Å². The number of hydrogen-bond acceptors (Lipinski definition) is 4. The topological polar surface area (TPSA) is 79.5 Å². The van der Waals surface area contributed by atoms with E-state index in [-0.39, 0.29) is 18.4 Å². The van der Waals surface area contributed by atoms with Crippen molar-refractivity contribution < 1.29 is 14.3 Å². The van der Waals surface area contributed by atoms with Crippen LogP contribution >= 0.6 is 0 Å². The van der Waals surface area contributed by atoms with Crippen molar-refractivity contribution in [2.45, 2.75) is 27.2 Å². The first kappa shape index (κ1) is 23.9. The van der Waals surface area contributed by atoms with Crippen LogP contribution in [0.2, 0.25) is 0 Å². The fraction of sp³-hybridized carbons (Fsp3) is 0.259. The molecule has 0 aliphatic carbocycles. The summed E-state index contributed by atoms with van der Waals surface area (Å²) in [5.74, 6) is 0.461. The highest BCUT2D eigenvalue weighted by Gasteiger charge is 2.21. The molecule has 0 aliphatic heterocycles. The smallest absolute Gasteiger partial charge is 0.243 e. The molecule has 3 aromatic carbocycles. The Morgan fingerprint density at radius 2 is 1.45 bits per heavy atom. The minimum absolute atomic E-state index is 0.0664. The maximum Gasteiger partial charge on any atom is 0.243 e. The molecule has 3 rings (SSSR count). The Morgan fingerprint density at radius 1 is 0.788 bits per heavy atom. The molecule has 6 heteroatoms. The molecule has 0 radical (unpaired) electrons. The van der Waals surface area contributed by atoms with Gasteiger partial charge in [0.1, 0.15) is 5.75 Å². The summed E-state index contributed by atoms with van der Waals surface area (Å²) in [7, 11) is 0. The van der Waals surface area contributed by atoms with Gasteiger partial charge in [-0.3, -0.25) is 9.59 Å². The molecule has 3 N–H and O–H groups in total. The van der Waals surface area contributed by atoms with Crippen molar-refractivity contribution in [1.29, 1.82) is 0 Å². The standard InChI is InChI=1S/C27H31N3O3/c1-27(2,3)26(32)30-22-12-7-11-21(17-22)28-19-25(31)29-23-13-8-14-24(18-23)33-16-15-20-9-5-4-6-10-20/h4-14,17-18,28H,15-16,19H2,1-3H3,(H,29,31)(H,30,32). The van der Waals surface area contributed by atoms with Crippen molar-refractivity contribution >= 4 is 28.9 Å². The van der Waals surface area contributed by atoms with Gasteiger partial charge in [0.25, 0.3) is 0 Å². The zero-order valence-electron chi connectivity index (χ0n) is 19.4. The maximum atomic E-state index is 12.4. The number of anilines is 3. The fourth-order valence-corrected chi connectivity index (χ4v) is 3.01. The highest BCUT2D eigenvalue weighted by atomic mass is 16.5. The van der Waals surface area contributed by atoms with Crippen LogP contribution in [0.5, 0.6) is 5.75 Å². The van der Waals surface area contributed by atoms with E-state index in [2.05, 4.69) is 28.1 Å². The lowest BCUT2D eigenvalue weighted by Gasteiger charge is -2.18. The zero-order chi connectivity index (χ0) is 23.7. The Bertz CT molecular complexity index is 1080. The van der Waals surface area contributed by atoms with Crippen LogP contribution in [0.25, 0.3) is 0 Å². The van der Waals surface area contributed by atoms with Gasteiger partial charge in [-0.25, -0.2) is 0 Å². The van der Waals surface area contributed by atoms with E-state index in [0.29, 0.717) is 23.7 Å². The summed E-state index contributed by atoms with van der Waals surface area (Å²) in [6.45, 7) is 6.23. The Balaban J connectivity index is 1.47. The van der Waals surface area contributed by atoms with Gasteiger partial charge in [-0.2, -0.15) is 0 Å². The van der Waals surface area contributed by atoms with Crippen LogP contribution in [-0.4, -0.2) is 25.0 Å². The van der Waals surface area contributed by atoms with Gasteiger partial charge in [0, 0.05) is 35.0 Å². The van der Waals surface area contributed by atoms with Gasteiger partial charge < -0.3 is 20.7 Å². The summed E-state index contributed by atoms with van der Waals surface area (Å²) in [6.07, 6.45) is 0.816. The number of nitrogens with one attached hydrogen (secondary N) is 3. The van der Waals surface area contributed by atoms with Crippen LogP contribution < -0.4 is 20.7 Å². The van der Waals surface area contributed by atoms with Gasteiger partial charge >= 0.3 is 0 Å². The average Bonchev–Trinajstić information content (AvgIpc) is 2.78. The number of benzene rings is 3. The van der Waals surface area contributed by atoms with Gasteiger partial charge in [-0.1, -0.05) is 63.2 Å². The van der Waals surface area contributed by atoms with E-state index in [1.54, 1.807) is 6.07 Å². The third-order valence-electron chi connectivity index (χ3n) is 4.87. The van der Waals surface area contributed by atoms with E-state index < -0.39 is 5.41 Å². The van der Waals surface area contributed by atoms with Crippen molar-refractivity contribution in [3.8, 4) is 5.75 Å². The lowest BCUT2D eigenvalue weighted by molar-refractivity contribution is -0.123. The molecule has 3 aromatic rings. The second-order valence-corrected chi connectivity index (χ2v) is 8.80. The first-order valence-electron chi connectivity index (χ1n) is 11.0. The molecule has 0 aromatic heterocycles. The molecule has 0 fully saturated rings. The Labute approximate surface area is 195 Å². The number of hydrogen-bond donors (Lipinski definition) is 3. The van der Waals surface area contributed by atoms with Crippen LogP contribution in [0.1, 0.15) is 26.3 Å². The van der Waals surface area contributed by atoms with Crippen molar-refractivity contribution in [1.82, 2.24) is 0 Å². The van der Waals surface area contributed by atoms with Gasteiger partial charge in [0.2, 0.25) is 11.8 Å². The van der Waals surface area contributed by atoms with Crippen LogP contribution in [0.3, 0.4) is 0 Å². The molecule has 0 aliphatic rings. The van der Waals surface area contributed by atoms with Gasteiger partial charge in [-0.15, -0.1) is 0 Å². The van der Waals surface area contributed by atoms with E-state index >= 15 is 0 Å². The van der Waals surface area contributed by atoms with Crippen molar-refractivity contribution in [3.05, 3.63) is 84.4 Å². The minimum Gasteiger partial charge on any atom is -0.493 e. The van der Waals surface area contributed by atoms with Gasteiger partial charge in [0.05, 0.1) is 13.2 Å². The lowest BCUT2D eigenvalue weighted by atomic mass is 9.95. The fourth-order valence-electron chi connectivity index (χ4n) is 3.01. The Hall–Kier alpha value is -3.80. The molecule has 0 spiro atoms. The van der Waals surface area contributed by atoms with Gasteiger partial charge in [-0.05, 0) is 35.9 Å². The summed E-state index contributed by atoms with van der Waals surface area (Å²) in [5.41, 5.74) is 2.83.